The third-order valence-corrected chi connectivity index (χ3v) is 3.03. The van der Waals surface area contributed by atoms with Crippen LogP contribution >= 0.6 is 15.9 Å². The Hall–Kier alpha value is -1.37. The van der Waals surface area contributed by atoms with Crippen LogP contribution in [0, 0.1) is 12.3 Å². The van der Waals surface area contributed by atoms with E-state index in [1.54, 1.807) is 6.20 Å². The Morgan fingerprint density at radius 2 is 2.25 bits per heavy atom. The zero-order valence-corrected chi connectivity index (χ0v) is 10.3. The van der Waals surface area contributed by atoms with Crippen molar-refractivity contribution in [1.82, 2.24) is 10.3 Å². The Morgan fingerprint density at radius 3 is 3.06 bits per heavy atom. The molecule has 1 heterocycles. The fourth-order valence-electron chi connectivity index (χ4n) is 1.61. The number of hydrogen-bond donors (Lipinski definition) is 1. The summed E-state index contributed by atoms with van der Waals surface area (Å²) in [5.41, 5.74) is 2.18. The van der Waals surface area contributed by atoms with Crippen LogP contribution in [0.15, 0.2) is 34.9 Å². The van der Waals surface area contributed by atoms with Crippen molar-refractivity contribution in [2.75, 3.05) is 6.54 Å². The van der Waals surface area contributed by atoms with Crippen molar-refractivity contribution in [3.8, 4) is 12.3 Å². The number of fused-ring (bicyclic) bond motifs is 1. The Balaban J connectivity index is 2.39. The summed E-state index contributed by atoms with van der Waals surface area (Å²) in [4.78, 5) is 4.40. The van der Waals surface area contributed by atoms with Gasteiger partial charge < -0.3 is 5.32 Å². The quantitative estimate of drug-likeness (QED) is 0.688. The number of nitrogens with zero attached hydrogens (tertiary/aromatic N) is 1. The summed E-state index contributed by atoms with van der Waals surface area (Å²) in [6, 6.07) is 8.09. The van der Waals surface area contributed by atoms with Gasteiger partial charge in [-0.3, -0.25) is 4.98 Å². The lowest BCUT2D eigenvalue weighted by Crippen LogP contribution is -2.13. The van der Waals surface area contributed by atoms with Gasteiger partial charge >= 0.3 is 0 Å². The predicted molar refractivity (Wildman–Crippen MR) is 70.0 cm³/mol. The summed E-state index contributed by atoms with van der Waals surface area (Å²) in [5, 5.41) is 4.30. The maximum Gasteiger partial charge on any atom is 0.0758 e. The van der Waals surface area contributed by atoms with Gasteiger partial charge in [-0.2, -0.15) is 0 Å². The molecule has 0 aliphatic carbocycles. The number of nitrogens with one attached hydrogen (secondary N) is 1. The second-order valence-corrected chi connectivity index (χ2v) is 4.27. The van der Waals surface area contributed by atoms with Crippen molar-refractivity contribution in [3.05, 3.63) is 40.5 Å². The Kier molecular flexibility index (Phi) is 3.55. The lowest BCUT2D eigenvalue weighted by molar-refractivity contribution is 0.773. The fourth-order valence-corrected chi connectivity index (χ4v) is 2.06. The molecule has 80 valence electrons. The molecule has 2 rings (SSSR count). The van der Waals surface area contributed by atoms with E-state index in [-0.39, 0.29) is 0 Å². The Morgan fingerprint density at radius 1 is 1.38 bits per heavy atom. The summed E-state index contributed by atoms with van der Waals surface area (Å²) >= 11 is 3.52. The second-order valence-electron chi connectivity index (χ2n) is 3.41. The number of terminal acetylenes is 1. The Bertz CT molecular complexity index is 543. The SMILES string of the molecule is C#CCNCc1ccc(Br)c2cccnc12. The van der Waals surface area contributed by atoms with E-state index in [4.69, 9.17) is 6.42 Å². The van der Waals surface area contributed by atoms with Gasteiger partial charge in [0.2, 0.25) is 0 Å². The molecule has 2 aromatic rings. The molecule has 0 amide bonds. The van der Waals surface area contributed by atoms with Crippen LogP contribution in [-0.4, -0.2) is 11.5 Å². The van der Waals surface area contributed by atoms with E-state index in [1.807, 2.05) is 12.1 Å². The first kappa shape index (κ1) is 11.1. The molecule has 0 radical (unpaired) electrons. The smallest absolute Gasteiger partial charge is 0.0758 e. The van der Waals surface area contributed by atoms with Crippen LogP contribution in [0.1, 0.15) is 5.56 Å². The first-order valence-electron chi connectivity index (χ1n) is 4.99. The molecule has 0 aliphatic heterocycles. The summed E-state index contributed by atoms with van der Waals surface area (Å²) < 4.78 is 1.07. The summed E-state index contributed by atoms with van der Waals surface area (Å²) in [6.07, 6.45) is 7.00. The van der Waals surface area contributed by atoms with Gasteiger partial charge in [-0.1, -0.05) is 34.0 Å². The van der Waals surface area contributed by atoms with Crippen LogP contribution in [0.4, 0.5) is 0 Å². The van der Waals surface area contributed by atoms with E-state index >= 15 is 0 Å². The predicted octanol–water partition coefficient (Wildman–Crippen LogP) is 2.72. The first-order valence-corrected chi connectivity index (χ1v) is 5.78. The molecule has 3 heteroatoms. The molecule has 0 fully saturated rings. The molecule has 0 saturated heterocycles. The zero-order chi connectivity index (χ0) is 11.4. The van der Waals surface area contributed by atoms with Gasteiger partial charge in [-0.05, 0) is 17.7 Å². The number of halogens is 1. The number of hydrogen-bond acceptors (Lipinski definition) is 2. The molecule has 0 atom stereocenters. The van der Waals surface area contributed by atoms with Gasteiger partial charge in [0.15, 0.2) is 0 Å². The Labute approximate surface area is 103 Å². The lowest BCUT2D eigenvalue weighted by Gasteiger charge is -2.07. The number of rotatable bonds is 3. The molecule has 0 bridgehead atoms. The maximum atomic E-state index is 5.19. The average Bonchev–Trinajstić information content (AvgIpc) is 2.33. The molecular weight excluding hydrogens is 264 g/mol. The van der Waals surface area contributed by atoms with Crippen LogP contribution in [0.3, 0.4) is 0 Å². The zero-order valence-electron chi connectivity index (χ0n) is 8.70. The maximum absolute atomic E-state index is 5.19. The molecule has 0 unspecified atom stereocenters. The molecule has 1 N–H and O–H groups in total. The van der Waals surface area contributed by atoms with E-state index in [1.165, 1.54) is 0 Å². The number of pyridine rings is 1. The minimum absolute atomic E-state index is 0.574. The largest absolute Gasteiger partial charge is 0.302 e. The molecule has 0 saturated carbocycles. The lowest BCUT2D eigenvalue weighted by atomic mass is 10.1. The highest BCUT2D eigenvalue weighted by Gasteiger charge is 2.04. The molecule has 1 aromatic heterocycles. The van der Waals surface area contributed by atoms with E-state index in [9.17, 15) is 0 Å². The van der Waals surface area contributed by atoms with Crippen molar-refractivity contribution in [1.29, 1.82) is 0 Å². The van der Waals surface area contributed by atoms with Crippen LogP contribution < -0.4 is 5.32 Å². The monoisotopic (exact) mass is 274 g/mol. The highest BCUT2D eigenvalue weighted by atomic mass is 79.9. The summed E-state index contributed by atoms with van der Waals surface area (Å²) in [7, 11) is 0. The molecular formula is C13H11BrN2. The molecule has 1 aromatic carbocycles. The second kappa shape index (κ2) is 5.11. The van der Waals surface area contributed by atoms with Crippen LogP contribution in [0.25, 0.3) is 10.9 Å². The molecule has 0 spiro atoms. The first-order chi connectivity index (χ1) is 7.83. The third-order valence-electron chi connectivity index (χ3n) is 2.34. The normalized spacial score (nSPS) is 10.2. The van der Waals surface area contributed by atoms with E-state index in [2.05, 4.69) is 44.3 Å². The fraction of sp³-hybridized carbons (Fsp3) is 0.154. The van der Waals surface area contributed by atoms with Crippen molar-refractivity contribution in [2.24, 2.45) is 0 Å². The molecule has 16 heavy (non-hydrogen) atoms. The molecule has 2 nitrogen and oxygen atoms in total. The van der Waals surface area contributed by atoms with Crippen LogP contribution in [-0.2, 0) is 6.54 Å². The highest BCUT2D eigenvalue weighted by molar-refractivity contribution is 9.10. The minimum atomic E-state index is 0.574. The number of benzene rings is 1. The summed E-state index contributed by atoms with van der Waals surface area (Å²) in [6.45, 7) is 1.31. The molecule has 0 aliphatic rings. The van der Waals surface area contributed by atoms with Gasteiger partial charge in [0.05, 0.1) is 12.1 Å². The van der Waals surface area contributed by atoms with E-state index in [0.29, 0.717) is 6.54 Å². The van der Waals surface area contributed by atoms with Gasteiger partial charge in [0.1, 0.15) is 0 Å². The van der Waals surface area contributed by atoms with Crippen molar-refractivity contribution < 1.29 is 0 Å². The number of aromatic nitrogens is 1. The summed E-state index contributed by atoms with van der Waals surface area (Å²) in [5.74, 6) is 2.56. The topological polar surface area (TPSA) is 24.9 Å². The van der Waals surface area contributed by atoms with Gasteiger partial charge in [0, 0.05) is 22.6 Å². The van der Waals surface area contributed by atoms with E-state index in [0.717, 1.165) is 27.5 Å². The average molecular weight is 275 g/mol. The van der Waals surface area contributed by atoms with Crippen molar-refractivity contribution in [3.63, 3.8) is 0 Å². The van der Waals surface area contributed by atoms with Crippen LogP contribution in [0.5, 0.6) is 0 Å². The van der Waals surface area contributed by atoms with E-state index < -0.39 is 0 Å². The minimum Gasteiger partial charge on any atom is -0.302 e. The standard InChI is InChI=1S/C13H11BrN2/c1-2-7-15-9-10-5-6-12(14)11-4-3-8-16-13(10)11/h1,3-6,8,15H,7,9H2. The third kappa shape index (κ3) is 2.24. The highest BCUT2D eigenvalue weighted by Crippen LogP contribution is 2.24. The van der Waals surface area contributed by atoms with Gasteiger partial charge in [-0.15, -0.1) is 6.42 Å². The van der Waals surface area contributed by atoms with Crippen molar-refractivity contribution in [2.45, 2.75) is 6.54 Å². The van der Waals surface area contributed by atoms with Gasteiger partial charge in [-0.25, -0.2) is 0 Å². The van der Waals surface area contributed by atoms with Crippen LogP contribution in [0.2, 0.25) is 0 Å². The van der Waals surface area contributed by atoms with Crippen molar-refractivity contribution >= 4 is 26.8 Å². The van der Waals surface area contributed by atoms with Gasteiger partial charge in [0.25, 0.3) is 0 Å².